The van der Waals surface area contributed by atoms with Gasteiger partial charge in [0, 0.05) is 17.3 Å². The van der Waals surface area contributed by atoms with Crippen LogP contribution in [0.15, 0.2) is 18.2 Å². The van der Waals surface area contributed by atoms with E-state index >= 15 is 0 Å². The first-order chi connectivity index (χ1) is 9.49. The molecule has 5 nitrogen and oxygen atoms in total. The molecule has 1 amide bonds. The molecule has 1 aromatic rings. The zero-order valence-electron chi connectivity index (χ0n) is 11.6. The number of carbonyl (C=O) groups excluding carboxylic acids is 1. The first kappa shape index (κ1) is 14.4. The van der Waals surface area contributed by atoms with Gasteiger partial charge in [-0.15, -0.1) is 0 Å². The van der Waals surface area contributed by atoms with Crippen molar-refractivity contribution in [1.82, 2.24) is 0 Å². The number of nitrogens with two attached hydrogens (primary N) is 1. The minimum absolute atomic E-state index is 0.0555. The van der Waals surface area contributed by atoms with Gasteiger partial charge in [0.1, 0.15) is 0 Å². The van der Waals surface area contributed by atoms with Gasteiger partial charge in [0.25, 0.3) is 0 Å². The molecule has 1 aliphatic rings. The number of carboxylic acids is 1. The molecule has 0 heterocycles. The Balaban J connectivity index is 2.14. The maximum absolute atomic E-state index is 11.3. The zero-order valence-corrected chi connectivity index (χ0v) is 11.6. The number of carboxylic acid groups (broad SMARTS) is 1. The number of primary amides is 1. The minimum atomic E-state index is -0.743. The van der Waals surface area contributed by atoms with Crippen molar-refractivity contribution in [3.8, 4) is 0 Å². The molecule has 0 spiro atoms. The first-order valence-corrected chi connectivity index (χ1v) is 6.89. The number of benzene rings is 1. The van der Waals surface area contributed by atoms with Crippen molar-refractivity contribution in [1.29, 1.82) is 0 Å². The van der Waals surface area contributed by atoms with Gasteiger partial charge in [0.15, 0.2) is 0 Å². The highest BCUT2D eigenvalue weighted by Gasteiger charge is 2.30. The van der Waals surface area contributed by atoms with E-state index in [1.807, 2.05) is 13.0 Å². The van der Waals surface area contributed by atoms with Crippen LogP contribution in [0.2, 0.25) is 0 Å². The van der Waals surface area contributed by atoms with Gasteiger partial charge in [-0.1, -0.05) is 12.8 Å². The Morgan fingerprint density at radius 3 is 2.60 bits per heavy atom. The van der Waals surface area contributed by atoms with E-state index < -0.39 is 11.9 Å². The van der Waals surface area contributed by atoms with E-state index in [2.05, 4.69) is 5.32 Å². The number of anilines is 1. The van der Waals surface area contributed by atoms with E-state index in [1.54, 1.807) is 12.1 Å². The lowest BCUT2D eigenvalue weighted by atomic mass is 9.84. The molecule has 0 saturated heterocycles. The van der Waals surface area contributed by atoms with Crippen LogP contribution in [0.4, 0.5) is 5.69 Å². The monoisotopic (exact) mass is 276 g/mol. The predicted molar refractivity (Wildman–Crippen MR) is 76.7 cm³/mol. The number of rotatable bonds is 4. The summed E-state index contributed by atoms with van der Waals surface area (Å²) in [6.45, 7) is 1.82. The van der Waals surface area contributed by atoms with Crippen molar-refractivity contribution < 1.29 is 14.7 Å². The molecule has 2 unspecified atom stereocenters. The fourth-order valence-corrected chi connectivity index (χ4v) is 2.84. The zero-order chi connectivity index (χ0) is 14.7. The average molecular weight is 276 g/mol. The Morgan fingerprint density at radius 1 is 1.30 bits per heavy atom. The number of hydrogen-bond acceptors (Lipinski definition) is 3. The SMILES string of the molecule is Cc1cc(NC2CCCCC2C(=O)O)ccc1C(N)=O. The van der Waals surface area contributed by atoms with Crippen LogP contribution in [0, 0.1) is 12.8 Å². The third-order valence-corrected chi connectivity index (χ3v) is 3.93. The number of aryl methyl sites for hydroxylation is 1. The molecule has 4 N–H and O–H groups in total. The summed E-state index contributed by atoms with van der Waals surface area (Å²) in [7, 11) is 0. The van der Waals surface area contributed by atoms with Gasteiger partial charge in [-0.3, -0.25) is 9.59 Å². The predicted octanol–water partition coefficient (Wildman–Crippen LogP) is 2.15. The van der Waals surface area contributed by atoms with Crippen LogP contribution in [0.1, 0.15) is 41.6 Å². The highest BCUT2D eigenvalue weighted by atomic mass is 16.4. The average Bonchev–Trinajstić information content (AvgIpc) is 2.38. The van der Waals surface area contributed by atoms with E-state index in [-0.39, 0.29) is 12.0 Å². The highest BCUT2D eigenvalue weighted by molar-refractivity contribution is 5.94. The standard InChI is InChI=1S/C15H20N2O3/c1-9-8-10(6-7-11(9)14(16)18)17-13-5-3-2-4-12(13)15(19)20/h6-8,12-13,17H,2-5H2,1H3,(H2,16,18)(H,19,20). The highest BCUT2D eigenvalue weighted by Crippen LogP contribution is 2.28. The van der Waals surface area contributed by atoms with Crippen LogP contribution in [0.3, 0.4) is 0 Å². The summed E-state index contributed by atoms with van der Waals surface area (Å²) in [4.78, 5) is 22.5. The Hall–Kier alpha value is -2.04. The molecular formula is C15H20N2O3. The topological polar surface area (TPSA) is 92.4 Å². The molecule has 2 atom stereocenters. The van der Waals surface area contributed by atoms with Crippen LogP contribution in [-0.4, -0.2) is 23.0 Å². The Morgan fingerprint density at radius 2 is 2.00 bits per heavy atom. The van der Waals surface area contributed by atoms with Crippen LogP contribution >= 0.6 is 0 Å². The van der Waals surface area contributed by atoms with E-state index in [0.29, 0.717) is 12.0 Å². The largest absolute Gasteiger partial charge is 0.481 e. The Bertz CT molecular complexity index is 528. The molecule has 1 saturated carbocycles. The van der Waals surface area contributed by atoms with Gasteiger partial charge in [-0.05, 0) is 43.5 Å². The van der Waals surface area contributed by atoms with Crippen molar-refractivity contribution in [2.45, 2.75) is 38.6 Å². The van der Waals surface area contributed by atoms with Crippen LogP contribution in [0.25, 0.3) is 0 Å². The second kappa shape index (κ2) is 5.94. The number of amides is 1. The van der Waals surface area contributed by atoms with E-state index in [0.717, 1.165) is 30.5 Å². The molecule has 0 bridgehead atoms. The van der Waals surface area contributed by atoms with Gasteiger partial charge in [0.05, 0.1) is 5.92 Å². The fraction of sp³-hybridized carbons (Fsp3) is 0.467. The van der Waals surface area contributed by atoms with Gasteiger partial charge < -0.3 is 16.2 Å². The van der Waals surface area contributed by atoms with Gasteiger partial charge in [-0.2, -0.15) is 0 Å². The molecule has 0 radical (unpaired) electrons. The maximum atomic E-state index is 11.3. The Kier molecular flexibility index (Phi) is 4.27. The lowest BCUT2D eigenvalue weighted by molar-refractivity contribution is -0.143. The molecule has 1 aromatic carbocycles. The molecule has 2 rings (SSSR count). The quantitative estimate of drug-likeness (QED) is 0.785. The fourth-order valence-electron chi connectivity index (χ4n) is 2.84. The molecule has 0 aliphatic heterocycles. The van der Waals surface area contributed by atoms with Gasteiger partial charge in [0.2, 0.25) is 5.91 Å². The van der Waals surface area contributed by atoms with E-state index in [1.165, 1.54) is 0 Å². The van der Waals surface area contributed by atoms with Gasteiger partial charge in [-0.25, -0.2) is 0 Å². The minimum Gasteiger partial charge on any atom is -0.481 e. The summed E-state index contributed by atoms with van der Waals surface area (Å²) in [5.41, 5.74) is 7.40. The number of aliphatic carboxylic acids is 1. The van der Waals surface area contributed by atoms with E-state index in [9.17, 15) is 14.7 Å². The van der Waals surface area contributed by atoms with Crippen LogP contribution in [0.5, 0.6) is 0 Å². The molecule has 1 aliphatic carbocycles. The molecule has 1 fully saturated rings. The summed E-state index contributed by atoms with van der Waals surface area (Å²) in [5, 5.41) is 12.5. The summed E-state index contributed by atoms with van der Waals surface area (Å²) in [6.07, 6.45) is 3.58. The molecular weight excluding hydrogens is 256 g/mol. The molecule has 5 heteroatoms. The molecule has 20 heavy (non-hydrogen) atoms. The van der Waals surface area contributed by atoms with Crippen LogP contribution < -0.4 is 11.1 Å². The van der Waals surface area contributed by atoms with E-state index in [4.69, 9.17) is 5.73 Å². The lowest BCUT2D eigenvalue weighted by Crippen LogP contribution is -2.37. The van der Waals surface area contributed by atoms with Crippen molar-refractivity contribution in [3.05, 3.63) is 29.3 Å². The van der Waals surface area contributed by atoms with Crippen LogP contribution in [-0.2, 0) is 4.79 Å². The number of nitrogens with one attached hydrogen (secondary N) is 1. The van der Waals surface area contributed by atoms with Crippen molar-refractivity contribution >= 4 is 17.6 Å². The Labute approximate surface area is 118 Å². The van der Waals surface area contributed by atoms with Gasteiger partial charge >= 0.3 is 5.97 Å². The summed E-state index contributed by atoms with van der Waals surface area (Å²) >= 11 is 0. The third kappa shape index (κ3) is 3.10. The smallest absolute Gasteiger partial charge is 0.308 e. The number of hydrogen-bond donors (Lipinski definition) is 3. The second-order valence-electron chi connectivity index (χ2n) is 5.37. The normalized spacial score (nSPS) is 22.2. The third-order valence-electron chi connectivity index (χ3n) is 3.93. The number of carbonyl (C=O) groups is 2. The summed E-state index contributed by atoms with van der Waals surface area (Å²) < 4.78 is 0. The maximum Gasteiger partial charge on any atom is 0.308 e. The molecule has 0 aromatic heterocycles. The first-order valence-electron chi connectivity index (χ1n) is 6.89. The second-order valence-corrected chi connectivity index (χ2v) is 5.37. The summed E-state index contributed by atoms with van der Waals surface area (Å²) in [5.74, 6) is -1.54. The van der Waals surface area contributed by atoms with Crippen molar-refractivity contribution in [2.75, 3.05) is 5.32 Å². The van der Waals surface area contributed by atoms with Crippen molar-refractivity contribution in [3.63, 3.8) is 0 Å². The van der Waals surface area contributed by atoms with Crippen molar-refractivity contribution in [2.24, 2.45) is 11.7 Å². The lowest BCUT2D eigenvalue weighted by Gasteiger charge is -2.30. The molecule has 108 valence electrons. The summed E-state index contributed by atoms with van der Waals surface area (Å²) in [6, 6.07) is 5.24.